The number of esters is 1. The summed E-state index contributed by atoms with van der Waals surface area (Å²) in [6.07, 6.45) is 0. The van der Waals surface area contributed by atoms with Crippen molar-refractivity contribution in [1.82, 2.24) is 0 Å². The number of aliphatic hydroxyl groups is 1. The Labute approximate surface area is 113 Å². The molecule has 0 unspecified atom stereocenters. The van der Waals surface area contributed by atoms with Crippen molar-refractivity contribution in [3.63, 3.8) is 0 Å². The zero-order valence-corrected chi connectivity index (χ0v) is 10.4. The lowest BCUT2D eigenvalue weighted by Gasteiger charge is -2.09. The van der Waals surface area contributed by atoms with Crippen molar-refractivity contribution in [2.45, 2.75) is 0 Å². The van der Waals surface area contributed by atoms with Crippen LogP contribution < -0.4 is 0 Å². The van der Waals surface area contributed by atoms with Gasteiger partial charge < -0.3 is 29.9 Å². The van der Waals surface area contributed by atoms with Crippen LogP contribution in [-0.4, -0.2) is 58.8 Å². The van der Waals surface area contributed by atoms with Crippen LogP contribution in [0.25, 0.3) is 0 Å². The van der Waals surface area contributed by atoms with E-state index in [1.54, 1.807) is 0 Å². The number of carboxylic acids is 1. The zero-order chi connectivity index (χ0) is 15.1. The number of rotatable bonds is 7. The van der Waals surface area contributed by atoms with E-state index in [0.29, 0.717) is 0 Å². The second kappa shape index (κ2) is 7.31. The maximum atomic E-state index is 11.6. The molecule has 4 N–H and O–H groups in total. The molecule has 0 aliphatic heterocycles. The van der Waals surface area contributed by atoms with Gasteiger partial charge in [-0.1, -0.05) is 0 Å². The molecule has 1 aromatic carbocycles. The number of hydrogen-bond acceptors (Lipinski definition) is 7. The van der Waals surface area contributed by atoms with Crippen LogP contribution in [0.5, 0.6) is 11.5 Å². The molecule has 0 aliphatic rings. The van der Waals surface area contributed by atoms with Crippen LogP contribution in [0.1, 0.15) is 20.7 Å². The van der Waals surface area contributed by atoms with E-state index < -0.39 is 29.0 Å². The fraction of sp³-hybridized carbons (Fsp3) is 0.333. The number of carbonyl (C=O) groups is 2. The highest BCUT2D eigenvalue weighted by molar-refractivity contribution is 6.01. The van der Waals surface area contributed by atoms with Crippen molar-refractivity contribution < 1.29 is 39.5 Å². The predicted octanol–water partition coefficient (Wildman–Crippen LogP) is -0.0383. The molecule has 1 aromatic rings. The van der Waals surface area contributed by atoms with Gasteiger partial charge in [0, 0.05) is 0 Å². The summed E-state index contributed by atoms with van der Waals surface area (Å²) in [7, 11) is 0. The Bertz CT molecular complexity index is 496. The van der Waals surface area contributed by atoms with Crippen molar-refractivity contribution in [2.24, 2.45) is 0 Å². The Morgan fingerprint density at radius 2 is 1.80 bits per heavy atom. The van der Waals surface area contributed by atoms with Crippen molar-refractivity contribution in [3.8, 4) is 11.5 Å². The SMILES string of the molecule is O=C(OCCOCCO)c1ccc(O)c(C(=O)O)c1O. The fourth-order valence-corrected chi connectivity index (χ4v) is 1.39. The first-order valence-electron chi connectivity index (χ1n) is 5.63. The Balaban J connectivity index is 2.74. The molecule has 0 saturated heterocycles. The van der Waals surface area contributed by atoms with Gasteiger partial charge in [-0.25, -0.2) is 9.59 Å². The van der Waals surface area contributed by atoms with Crippen LogP contribution >= 0.6 is 0 Å². The molecular weight excluding hydrogens is 272 g/mol. The molecule has 0 spiro atoms. The Hall–Kier alpha value is -2.32. The summed E-state index contributed by atoms with van der Waals surface area (Å²) < 4.78 is 9.61. The molecule has 0 aliphatic carbocycles. The number of hydrogen-bond donors (Lipinski definition) is 4. The van der Waals surface area contributed by atoms with Gasteiger partial charge in [-0.05, 0) is 12.1 Å². The van der Waals surface area contributed by atoms with Crippen LogP contribution in [-0.2, 0) is 9.47 Å². The standard InChI is InChI=1S/C12H14O8/c13-3-4-19-5-6-20-12(18)7-1-2-8(14)9(10(7)15)11(16)17/h1-2,13-15H,3-6H2,(H,16,17). The summed E-state index contributed by atoms with van der Waals surface area (Å²) in [6.45, 7) is -0.127. The molecule has 0 heterocycles. The highest BCUT2D eigenvalue weighted by atomic mass is 16.6. The smallest absolute Gasteiger partial charge is 0.343 e. The Kier molecular flexibility index (Phi) is 5.75. The van der Waals surface area contributed by atoms with E-state index in [0.717, 1.165) is 12.1 Å². The molecule has 0 amide bonds. The van der Waals surface area contributed by atoms with Crippen LogP contribution in [0.3, 0.4) is 0 Å². The summed E-state index contributed by atoms with van der Waals surface area (Å²) >= 11 is 0. The van der Waals surface area contributed by atoms with Gasteiger partial charge >= 0.3 is 11.9 Å². The van der Waals surface area contributed by atoms with E-state index in [1.807, 2.05) is 0 Å². The molecule has 0 saturated carbocycles. The van der Waals surface area contributed by atoms with E-state index in [-0.39, 0.29) is 32.0 Å². The fourth-order valence-electron chi connectivity index (χ4n) is 1.39. The van der Waals surface area contributed by atoms with Gasteiger partial charge in [-0.2, -0.15) is 0 Å². The van der Waals surface area contributed by atoms with Gasteiger partial charge in [-0.15, -0.1) is 0 Å². The third-order valence-corrected chi connectivity index (χ3v) is 2.29. The number of aromatic hydroxyl groups is 2. The van der Waals surface area contributed by atoms with Crippen LogP contribution in [0.4, 0.5) is 0 Å². The van der Waals surface area contributed by atoms with Gasteiger partial charge in [0.05, 0.1) is 19.8 Å². The Morgan fingerprint density at radius 3 is 2.40 bits per heavy atom. The van der Waals surface area contributed by atoms with E-state index in [2.05, 4.69) is 0 Å². The summed E-state index contributed by atoms with van der Waals surface area (Å²) in [6, 6.07) is 2.02. The lowest BCUT2D eigenvalue weighted by Crippen LogP contribution is -2.13. The lowest BCUT2D eigenvalue weighted by molar-refractivity contribution is 0.0256. The van der Waals surface area contributed by atoms with Gasteiger partial charge in [0.15, 0.2) is 0 Å². The molecule has 1 rings (SSSR count). The van der Waals surface area contributed by atoms with Crippen molar-refractivity contribution in [1.29, 1.82) is 0 Å². The summed E-state index contributed by atoms with van der Waals surface area (Å²) in [4.78, 5) is 22.5. The number of phenols is 2. The van der Waals surface area contributed by atoms with Gasteiger partial charge in [-0.3, -0.25) is 0 Å². The minimum absolute atomic E-state index is 0.0525. The first-order valence-corrected chi connectivity index (χ1v) is 5.63. The highest BCUT2D eigenvalue weighted by Crippen LogP contribution is 2.30. The maximum absolute atomic E-state index is 11.6. The number of aromatic carboxylic acids is 1. The summed E-state index contributed by atoms with van der Waals surface area (Å²) in [5.74, 6) is -4.03. The number of ether oxygens (including phenoxy) is 2. The average Bonchev–Trinajstić information content (AvgIpc) is 2.38. The summed E-state index contributed by atoms with van der Waals surface area (Å²) in [5.41, 5.74) is -1.14. The van der Waals surface area contributed by atoms with Gasteiger partial charge in [0.2, 0.25) is 0 Å². The molecule has 0 atom stereocenters. The first-order chi connectivity index (χ1) is 9.49. The van der Waals surface area contributed by atoms with Crippen molar-refractivity contribution in [3.05, 3.63) is 23.3 Å². The quantitative estimate of drug-likeness (QED) is 0.405. The number of aliphatic hydroxyl groups excluding tert-OH is 1. The topological polar surface area (TPSA) is 134 Å². The van der Waals surface area contributed by atoms with Crippen LogP contribution in [0.15, 0.2) is 12.1 Å². The van der Waals surface area contributed by atoms with Gasteiger partial charge in [0.1, 0.15) is 29.2 Å². The molecule has 20 heavy (non-hydrogen) atoms. The monoisotopic (exact) mass is 286 g/mol. The number of benzene rings is 1. The van der Waals surface area contributed by atoms with Crippen molar-refractivity contribution >= 4 is 11.9 Å². The second-order valence-corrected chi connectivity index (χ2v) is 3.63. The molecular formula is C12H14O8. The maximum Gasteiger partial charge on any atom is 0.343 e. The Morgan fingerprint density at radius 1 is 1.10 bits per heavy atom. The normalized spacial score (nSPS) is 10.2. The molecule has 110 valence electrons. The molecule has 0 fully saturated rings. The number of carbonyl (C=O) groups excluding carboxylic acids is 1. The second-order valence-electron chi connectivity index (χ2n) is 3.63. The predicted molar refractivity (Wildman–Crippen MR) is 64.9 cm³/mol. The first kappa shape index (κ1) is 15.7. The molecule has 0 bridgehead atoms. The molecule has 8 heteroatoms. The zero-order valence-electron chi connectivity index (χ0n) is 10.4. The van der Waals surface area contributed by atoms with Crippen LogP contribution in [0, 0.1) is 0 Å². The van der Waals surface area contributed by atoms with Crippen molar-refractivity contribution in [2.75, 3.05) is 26.4 Å². The lowest BCUT2D eigenvalue weighted by atomic mass is 10.1. The van der Waals surface area contributed by atoms with E-state index in [4.69, 9.17) is 19.7 Å². The average molecular weight is 286 g/mol. The van der Waals surface area contributed by atoms with Crippen LogP contribution in [0.2, 0.25) is 0 Å². The molecule has 0 aromatic heterocycles. The molecule has 0 radical (unpaired) electrons. The van der Waals surface area contributed by atoms with E-state index in [9.17, 15) is 19.8 Å². The molecule has 8 nitrogen and oxygen atoms in total. The largest absolute Gasteiger partial charge is 0.507 e. The minimum atomic E-state index is -1.57. The number of carboxylic acid groups (broad SMARTS) is 1. The van der Waals surface area contributed by atoms with E-state index in [1.165, 1.54) is 0 Å². The third kappa shape index (κ3) is 3.84. The third-order valence-electron chi connectivity index (χ3n) is 2.29. The summed E-state index contributed by atoms with van der Waals surface area (Å²) in [5, 5.41) is 36.2. The highest BCUT2D eigenvalue weighted by Gasteiger charge is 2.22. The minimum Gasteiger partial charge on any atom is -0.507 e. The van der Waals surface area contributed by atoms with Gasteiger partial charge in [0.25, 0.3) is 0 Å². The van der Waals surface area contributed by atoms with E-state index >= 15 is 0 Å².